The van der Waals surface area contributed by atoms with E-state index in [9.17, 15) is 14.4 Å². The molecule has 4 N–H and O–H groups in total. The normalized spacial score (nSPS) is 29.5. The Morgan fingerprint density at radius 3 is 2.33 bits per heavy atom. The van der Waals surface area contributed by atoms with Gasteiger partial charge < -0.3 is 21.3 Å². The second kappa shape index (κ2) is 7.21. The molecule has 3 heterocycles. The lowest BCUT2D eigenvalue weighted by Crippen LogP contribution is -2.53. The highest BCUT2D eigenvalue weighted by molar-refractivity contribution is 5.91. The molecule has 7 heteroatoms. The van der Waals surface area contributed by atoms with Gasteiger partial charge in [0.15, 0.2) is 0 Å². The van der Waals surface area contributed by atoms with Crippen LogP contribution in [0.4, 0.5) is 10.5 Å². The van der Waals surface area contributed by atoms with Crippen LogP contribution in [0.2, 0.25) is 0 Å². The van der Waals surface area contributed by atoms with Crippen molar-refractivity contribution >= 4 is 23.5 Å². The number of urea groups is 1. The number of hydrogen-bond acceptors (Lipinski definition) is 3. The van der Waals surface area contributed by atoms with Gasteiger partial charge in [0.25, 0.3) is 0 Å². The Kier molecular flexibility index (Phi) is 4.76. The lowest BCUT2D eigenvalue weighted by molar-refractivity contribution is -0.139. The van der Waals surface area contributed by atoms with Gasteiger partial charge in [0, 0.05) is 24.2 Å². The van der Waals surface area contributed by atoms with Gasteiger partial charge in [-0.05, 0) is 62.1 Å². The minimum absolute atomic E-state index is 0.00939. The predicted octanol–water partition coefficient (Wildman–Crippen LogP) is 1.77. The van der Waals surface area contributed by atoms with Crippen molar-refractivity contribution in [2.75, 3.05) is 5.32 Å². The van der Waals surface area contributed by atoms with E-state index in [2.05, 4.69) is 15.5 Å². The van der Waals surface area contributed by atoms with Crippen LogP contribution in [0.5, 0.6) is 0 Å². The third-order valence-corrected chi connectivity index (χ3v) is 6.12. The second-order valence-electron chi connectivity index (χ2n) is 8.02. The van der Waals surface area contributed by atoms with Crippen molar-refractivity contribution in [3.63, 3.8) is 0 Å². The number of hydrogen-bond donors (Lipinski definition) is 3. The van der Waals surface area contributed by atoms with Crippen LogP contribution in [0.1, 0.15) is 44.1 Å². The first-order chi connectivity index (χ1) is 13.0. The van der Waals surface area contributed by atoms with Gasteiger partial charge in [0.05, 0.1) is 0 Å². The zero-order chi connectivity index (χ0) is 19.0. The number of rotatable bonds is 4. The standard InChI is InChI=1S/C20H26N4O3/c21-20(27)22-14-3-1-12(2-4-14)9-13-10-15-5-6-16(11-13)24(15)19(26)17-7-8-18(25)23-17/h1-4,13,15-17H,5-11H2,(H,23,25)(H3,21,22,27)/t13?,15?,16?,17-/m1/s1. The molecule has 7 nitrogen and oxygen atoms in total. The summed E-state index contributed by atoms with van der Waals surface area (Å²) in [7, 11) is 0. The molecular formula is C20H26N4O3. The van der Waals surface area contributed by atoms with E-state index in [0.29, 0.717) is 36.5 Å². The van der Waals surface area contributed by atoms with E-state index in [4.69, 9.17) is 5.73 Å². The molecule has 3 saturated heterocycles. The molecule has 4 rings (SSSR count). The van der Waals surface area contributed by atoms with Gasteiger partial charge in [0.1, 0.15) is 6.04 Å². The number of piperidine rings is 1. The van der Waals surface area contributed by atoms with Crippen LogP contribution < -0.4 is 16.4 Å². The van der Waals surface area contributed by atoms with Crippen LogP contribution in [0.25, 0.3) is 0 Å². The highest BCUT2D eigenvalue weighted by Crippen LogP contribution is 2.40. The SMILES string of the molecule is NC(=O)Nc1ccc(CC2CC3CCC(C2)N3C(=O)[C@H]2CCC(=O)N2)cc1. The molecule has 1 aromatic rings. The summed E-state index contributed by atoms with van der Waals surface area (Å²) in [6.07, 6.45) is 6.23. The molecular weight excluding hydrogens is 344 g/mol. The van der Waals surface area contributed by atoms with Crippen molar-refractivity contribution in [3.8, 4) is 0 Å². The number of nitrogens with one attached hydrogen (secondary N) is 2. The van der Waals surface area contributed by atoms with Gasteiger partial charge >= 0.3 is 6.03 Å². The number of primary amides is 1. The highest BCUT2D eigenvalue weighted by atomic mass is 16.2. The van der Waals surface area contributed by atoms with Crippen LogP contribution in [-0.2, 0) is 16.0 Å². The number of amides is 4. The van der Waals surface area contributed by atoms with Crippen LogP contribution >= 0.6 is 0 Å². The lowest BCUT2D eigenvalue weighted by Gasteiger charge is -2.40. The molecule has 1 aromatic carbocycles. The molecule has 3 aliphatic rings. The van der Waals surface area contributed by atoms with Crippen LogP contribution in [0.15, 0.2) is 24.3 Å². The van der Waals surface area contributed by atoms with E-state index in [0.717, 1.165) is 32.1 Å². The van der Waals surface area contributed by atoms with Crippen molar-refractivity contribution in [1.29, 1.82) is 0 Å². The first-order valence-corrected chi connectivity index (χ1v) is 9.76. The first kappa shape index (κ1) is 17.8. The Morgan fingerprint density at radius 1 is 1.11 bits per heavy atom. The fourth-order valence-electron chi connectivity index (χ4n) is 5.00. The van der Waals surface area contributed by atoms with Gasteiger partial charge in [0.2, 0.25) is 11.8 Å². The van der Waals surface area contributed by atoms with E-state index in [-0.39, 0.29) is 17.9 Å². The van der Waals surface area contributed by atoms with Gasteiger partial charge in [-0.1, -0.05) is 12.1 Å². The maximum atomic E-state index is 12.9. The van der Waals surface area contributed by atoms with Gasteiger partial charge in [-0.3, -0.25) is 9.59 Å². The Morgan fingerprint density at radius 2 is 1.78 bits per heavy atom. The van der Waals surface area contributed by atoms with Crippen molar-refractivity contribution < 1.29 is 14.4 Å². The quantitative estimate of drug-likeness (QED) is 0.752. The summed E-state index contributed by atoms with van der Waals surface area (Å²) in [5.74, 6) is 0.665. The molecule has 3 fully saturated rings. The van der Waals surface area contributed by atoms with E-state index in [1.165, 1.54) is 5.56 Å². The third-order valence-electron chi connectivity index (χ3n) is 6.12. The molecule has 4 amide bonds. The second-order valence-corrected chi connectivity index (χ2v) is 8.02. The predicted molar refractivity (Wildman–Crippen MR) is 101 cm³/mol. The molecule has 3 atom stereocenters. The maximum Gasteiger partial charge on any atom is 0.316 e. The molecule has 0 aliphatic carbocycles. The molecule has 144 valence electrons. The molecule has 2 unspecified atom stereocenters. The van der Waals surface area contributed by atoms with Gasteiger partial charge in [-0.2, -0.15) is 0 Å². The maximum absolute atomic E-state index is 12.9. The average Bonchev–Trinajstić information content (AvgIpc) is 3.17. The zero-order valence-electron chi connectivity index (χ0n) is 15.3. The minimum Gasteiger partial charge on any atom is -0.351 e. The summed E-state index contributed by atoms with van der Waals surface area (Å²) >= 11 is 0. The lowest BCUT2D eigenvalue weighted by atomic mass is 9.85. The summed E-state index contributed by atoms with van der Waals surface area (Å²) < 4.78 is 0. The number of nitrogens with two attached hydrogens (primary N) is 1. The number of benzene rings is 1. The van der Waals surface area contributed by atoms with Crippen molar-refractivity contribution in [1.82, 2.24) is 10.2 Å². The molecule has 0 radical (unpaired) electrons. The summed E-state index contributed by atoms with van der Waals surface area (Å²) in [6.45, 7) is 0. The molecule has 0 aromatic heterocycles. The number of carbonyl (C=O) groups is 3. The Balaban J connectivity index is 1.36. The van der Waals surface area contributed by atoms with Gasteiger partial charge in [-0.15, -0.1) is 0 Å². The smallest absolute Gasteiger partial charge is 0.316 e. The minimum atomic E-state index is -0.560. The summed E-state index contributed by atoms with van der Waals surface area (Å²) in [5, 5.41) is 5.39. The number of nitrogens with zero attached hydrogens (tertiary/aromatic N) is 1. The summed E-state index contributed by atoms with van der Waals surface area (Å²) in [6, 6.07) is 7.52. The molecule has 0 saturated carbocycles. The summed E-state index contributed by atoms with van der Waals surface area (Å²) in [4.78, 5) is 37.3. The fraction of sp³-hybridized carbons (Fsp3) is 0.550. The van der Waals surface area contributed by atoms with E-state index in [1.54, 1.807) is 0 Å². The van der Waals surface area contributed by atoms with E-state index < -0.39 is 6.03 Å². The number of fused-ring (bicyclic) bond motifs is 2. The van der Waals surface area contributed by atoms with E-state index in [1.807, 2.05) is 24.3 Å². The van der Waals surface area contributed by atoms with Crippen LogP contribution in [0, 0.1) is 5.92 Å². The van der Waals surface area contributed by atoms with Gasteiger partial charge in [-0.25, -0.2) is 4.79 Å². The first-order valence-electron chi connectivity index (χ1n) is 9.76. The molecule has 27 heavy (non-hydrogen) atoms. The number of carbonyl (C=O) groups excluding carboxylic acids is 3. The number of anilines is 1. The monoisotopic (exact) mass is 370 g/mol. The molecule has 0 spiro atoms. The van der Waals surface area contributed by atoms with Crippen LogP contribution in [0.3, 0.4) is 0 Å². The van der Waals surface area contributed by atoms with Crippen molar-refractivity contribution in [2.45, 2.75) is 63.1 Å². The van der Waals surface area contributed by atoms with Crippen molar-refractivity contribution in [3.05, 3.63) is 29.8 Å². The highest BCUT2D eigenvalue weighted by Gasteiger charge is 2.45. The topological polar surface area (TPSA) is 105 Å². The average molecular weight is 370 g/mol. The summed E-state index contributed by atoms with van der Waals surface area (Å²) in [5.41, 5.74) is 7.07. The Labute approximate surface area is 158 Å². The van der Waals surface area contributed by atoms with Crippen molar-refractivity contribution in [2.24, 2.45) is 11.7 Å². The largest absolute Gasteiger partial charge is 0.351 e. The third kappa shape index (κ3) is 3.77. The molecule has 2 bridgehead atoms. The van der Waals surface area contributed by atoms with E-state index >= 15 is 0 Å². The Hall–Kier alpha value is -2.57. The van der Waals surface area contributed by atoms with Crippen LogP contribution in [-0.4, -0.2) is 40.9 Å². The molecule has 3 aliphatic heterocycles. The Bertz CT molecular complexity index is 734. The zero-order valence-corrected chi connectivity index (χ0v) is 15.3. The fourth-order valence-corrected chi connectivity index (χ4v) is 5.00.